The molecule has 0 aliphatic carbocycles. The molecule has 0 heterocycles. The van der Waals surface area contributed by atoms with E-state index in [1.54, 1.807) is 0 Å². The molecule has 0 amide bonds. The molecular formula is C16H16ClN. The minimum atomic E-state index is 0.786. The van der Waals surface area contributed by atoms with E-state index in [9.17, 15) is 0 Å². The van der Waals surface area contributed by atoms with E-state index in [4.69, 9.17) is 11.6 Å². The molecule has 92 valence electrons. The van der Waals surface area contributed by atoms with E-state index in [2.05, 4.69) is 29.6 Å². The highest BCUT2D eigenvalue weighted by Crippen LogP contribution is 2.19. The Morgan fingerprint density at radius 2 is 1.89 bits per heavy atom. The second kappa shape index (κ2) is 6.27. The van der Waals surface area contributed by atoms with Crippen molar-refractivity contribution in [3.8, 4) is 0 Å². The van der Waals surface area contributed by atoms with Crippen molar-refractivity contribution in [2.75, 3.05) is 11.9 Å². The third-order valence-electron chi connectivity index (χ3n) is 2.71. The molecule has 0 aliphatic heterocycles. The molecule has 0 atom stereocenters. The van der Waals surface area contributed by atoms with Crippen LogP contribution in [0.25, 0.3) is 6.08 Å². The smallest absolute Gasteiger partial charge is 0.0455 e. The molecule has 2 heteroatoms. The number of rotatable bonds is 4. The van der Waals surface area contributed by atoms with Gasteiger partial charge in [0.05, 0.1) is 0 Å². The van der Waals surface area contributed by atoms with Crippen LogP contribution >= 0.6 is 11.6 Å². The third kappa shape index (κ3) is 3.64. The van der Waals surface area contributed by atoms with Gasteiger partial charge in [-0.3, -0.25) is 0 Å². The molecule has 0 fully saturated rings. The molecular weight excluding hydrogens is 242 g/mol. The Kier molecular flexibility index (Phi) is 4.43. The zero-order valence-corrected chi connectivity index (χ0v) is 11.1. The number of benzene rings is 2. The zero-order chi connectivity index (χ0) is 12.8. The summed E-state index contributed by atoms with van der Waals surface area (Å²) in [7, 11) is 0. The van der Waals surface area contributed by atoms with Crippen LogP contribution in [0.4, 0.5) is 5.69 Å². The molecule has 2 aromatic carbocycles. The summed E-state index contributed by atoms with van der Waals surface area (Å²) in [5.74, 6) is 0. The topological polar surface area (TPSA) is 12.0 Å². The summed E-state index contributed by atoms with van der Waals surface area (Å²) in [6.07, 6.45) is 4.20. The Bertz CT molecular complexity index is 532. The van der Waals surface area contributed by atoms with E-state index in [0.29, 0.717) is 0 Å². The normalized spacial score (nSPS) is 10.8. The van der Waals surface area contributed by atoms with Crippen LogP contribution in [0.5, 0.6) is 0 Å². The molecule has 0 saturated heterocycles. The Balaban J connectivity index is 1.89. The van der Waals surface area contributed by atoms with Crippen LogP contribution in [-0.4, -0.2) is 6.54 Å². The van der Waals surface area contributed by atoms with E-state index in [0.717, 1.165) is 22.8 Å². The van der Waals surface area contributed by atoms with Crippen LogP contribution in [0.3, 0.4) is 0 Å². The summed E-state index contributed by atoms with van der Waals surface area (Å²) in [4.78, 5) is 0. The molecule has 2 rings (SSSR count). The summed E-state index contributed by atoms with van der Waals surface area (Å²) in [5.41, 5.74) is 3.35. The lowest BCUT2D eigenvalue weighted by atomic mass is 10.2. The van der Waals surface area contributed by atoms with Gasteiger partial charge in [0.25, 0.3) is 0 Å². The maximum absolute atomic E-state index is 6.06. The third-order valence-corrected chi connectivity index (χ3v) is 3.11. The predicted octanol–water partition coefficient (Wildman–Crippen LogP) is 4.77. The fourth-order valence-corrected chi connectivity index (χ4v) is 1.82. The quantitative estimate of drug-likeness (QED) is 0.832. The summed E-state index contributed by atoms with van der Waals surface area (Å²) < 4.78 is 0. The van der Waals surface area contributed by atoms with Gasteiger partial charge in [0.1, 0.15) is 0 Å². The van der Waals surface area contributed by atoms with Crippen molar-refractivity contribution < 1.29 is 0 Å². The van der Waals surface area contributed by atoms with Crippen LogP contribution in [0.2, 0.25) is 5.02 Å². The SMILES string of the molecule is Cc1ccc(NCC=Cc2ccccc2)cc1Cl. The molecule has 0 unspecified atom stereocenters. The predicted molar refractivity (Wildman–Crippen MR) is 80.2 cm³/mol. The lowest BCUT2D eigenvalue weighted by Crippen LogP contribution is -1.97. The standard InChI is InChI=1S/C16H16ClN/c1-13-9-10-15(12-16(13)17)18-11-5-8-14-6-3-2-4-7-14/h2-10,12,18H,11H2,1H3. The average molecular weight is 258 g/mol. The van der Waals surface area contributed by atoms with E-state index >= 15 is 0 Å². The van der Waals surface area contributed by atoms with Crippen molar-refractivity contribution in [3.63, 3.8) is 0 Å². The van der Waals surface area contributed by atoms with Crippen LogP contribution in [0, 0.1) is 6.92 Å². The molecule has 0 aliphatic rings. The fourth-order valence-electron chi connectivity index (χ4n) is 1.64. The van der Waals surface area contributed by atoms with Gasteiger partial charge in [-0.2, -0.15) is 0 Å². The number of aryl methyl sites for hydroxylation is 1. The van der Waals surface area contributed by atoms with Gasteiger partial charge in [-0.1, -0.05) is 60.2 Å². The summed E-state index contributed by atoms with van der Waals surface area (Å²) >= 11 is 6.06. The first-order chi connectivity index (χ1) is 8.75. The van der Waals surface area contributed by atoms with Crippen molar-refractivity contribution in [2.45, 2.75) is 6.92 Å². The minimum Gasteiger partial charge on any atom is -0.382 e. The highest BCUT2D eigenvalue weighted by atomic mass is 35.5. The summed E-state index contributed by atoms with van der Waals surface area (Å²) in [5, 5.41) is 4.11. The van der Waals surface area contributed by atoms with Crippen molar-refractivity contribution in [3.05, 3.63) is 70.8 Å². The van der Waals surface area contributed by atoms with Gasteiger partial charge in [0.2, 0.25) is 0 Å². The van der Waals surface area contributed by atoms with Crippen LogP contribution < -0.4 is 5.32 Å². The maximum atomic E-state index is 6.06. The Morgan fingerprint density at radius 1 is 1.11 bits per heavy atom. The number of hydrogen-bond acceptors (Lipinski definition) is 1. The first kappa shape index (κ1) is 12.7. The van der Waals surface area contributed by atoms with Gasteiger partial charge in [-0.25, -0.2) is 0 Å². The van der Waals surface area contributed by atoms with E-state index in [1.807, 2.05) is 43.3 Å². The van der Waals surface area contributed by atoms with E-state index in [1.165, 1.54) is 5.56 Å². The van der Waals surface area contributed by atoms with Crippen molar-refractivity contribution in [1.29, 1.82) is 0 Å². The molecule has 0 saturated carbocycles. The first-order valence-corrected chi connectivity index (χ1v) is 6.35. The lowest BCUT2D eigenvalue weighted by Gasteiger charge is -2.05. The molecule has 1 N–H and O–H groups in total. The van der Waals surface area contributed by atoms with Gasteiger partial charge in [-0.15, -0.1) is 0 Å². The van der Waals surface area contributed by atoms with Crippen molar-refractivity contribution in [2.24, 2.45) is 0 Å². The number of halogens is 1. The van der Waals surface area contributed by atoms with Crippen molar-refractivity contribution >= 4 is 23.4 Å². The molecule has 0 bridgehead atoms. The van der Waals surface area contributed by atoms with Gasteiger partial charge in [-0.05, 0) is 30.2 Å². The molecule has 0 radical (unpaired) electrons. The summed E-state index contributed by atoms with van der Waals surface area (Å²) in [6.45, 7) is 2.79. The number of nitrogens with one attached hydrogen (secondary N) is 1. The monoisotopic (exact) mass is 257 g/mol. The van der Waals surface area contributed by atoms with Crippen LogP contribution in [0.1, 0.15) is 11.1 Å². The molecule has 18 heavy (non-hydrogen) atoms. The molecule has 1 nitrogen and oxygen atoms in total. The fraction of sp³-hybridized carbons (Fsp3) is 0.125. The molecule has 0 spiro atoms. The van der Waals surface area contributed by atoms with Gasteiger partial charge >= 0.3 is 0 Å². The lowest BCUT2D eigenvalue weighted by molar-refractivity contribution is 1.33. The Hall–Kier alpha value is -1.73. The van der Waals surface area contributed by atoms with Crippen LogP contribution in [0.15, 0.2) is 54.6 Å². The summed E-state index contributed by atoms with van der Waals surface area (Å²) in [6, 6.07) is 16.3. The highest BCUT2D eigenvalue weighted by Gasteiger charge is 1.95. The van der Waals surface area contributed by atoms with Gasteiger partial charge < -0.3 is 5.32 Å². The van der Waals surface area contributed by atoms with Crippen LogP contribution in [-0.2, 0) is 0 Å². The Labute approximate surface area is 113 Å². The maximum Gasteiger partial charge on any atom is 0.0455 e. The number of hydrogen-bond donors (Lipinski definition) is 1. The van der Waals surface area contributed by atoms with E-state index in [-0.39, 0.29) is 0 Å². The first-order valence-electron chi connectivity index (χ1n) is 5.97. The average Bonchev–Trinajstić information content (AvgIpc) is 2.40. The second-order valence-electron chi connectivity index (χ2n) is 4.16. The highest BCUT2D eigenvalue weighted by molar-refractivity contribution is 6.31. The van der Waals surface area contributed by atoms with Gasteiger partial charge in [0, 0.05) is 17.3 Å². The van der Waals surface area contributed by atoms with Gasteiger partial charge in [0.15, 0.2) is 0 Å². The molecule has 2 aromatic rings. The van der Waals surface area contributed by atoms with Crippen molar-refractivity contribution in [1.82, 2.24) is 0 Å². The zero-order valence-electron chi connectivity index (χ0n) is 10.4. The second-order valence-corrected chi connectivity index (χ2v) is 4.57. The largest absolute Gasteiger partial charge is 0.382 e. The minimum absolute atomic E-state index is 0.786. The Morgan fingerprint density at radius 3 is 2.61 bits per heavy atom. The molecule has 0 aromatic heterocycles. The van der Waals surface area contributed by atoms with E-state index < -0.39 is 0 Å². The number of anilines is 1.